The topological polar surface area (TPSA) is 29.5 Å². The molecule has 24 heavy (non-hydrogen) atoms. The van der Waals surface area contributed by atoms with E-state index in [-0.39, 0.29) is 5.60 Å². The van der Waals surface area contributed by atoms with E-state index in [2.05, 4.69) is 33.8 Å². The molecule has 2 rings (SSSR count). The summed E-state index contributed by atoms with van der Waals surface area (Å²) in [5, 5.41) is 10.5. The van der Waals surface area contributed by atoms with Gasteiger partial charge in [0, 0.05) is 5.56 Å². The highest BCUT2D eigenvalue weighted by Gasteiger charge is 2.33. The molecule has 1 atom stereocenters. The molecule has 1 unspecified atom stereocenters. The van der Waals surface area contributed by atoms with E-state index < -0.39 is 0 Å². The summed E-state index contributed by atoms with van der Waals surface area (Å²) in [5.74, 6) is 1.97. The fourth-order valence-electron chi connectivity index (χ4n) is 3.98. The zero-order chi connectivity index (χ0) is 17.6. The van der Waals surface area contributed by atoms with Crippen LogP contribution < -0.4 is 4.74 Å². The van der Waals surface area contributed by atoms with Gasteiger partial charge in [0.25, 0.3) is 0 Å². The van der Waals surface area contributed by atoms with Crippen molar-refractivity contribution in [1.29, 1.82) is 0 Å². The van der Waals surface area contributed by atoms with Crippen molar-refractivity contribution in [1.82, 2.24) is 0 Å². The monoisotopic (exact) mass is 332 g/mol. The van der Waals surface area contributed by atoms with Gasteiger partial charge < -0.3 is 9.84 Å². The second kappa shape index (κ2) is 8.78. The highest BCUT2D eigenvalue weighted by molar-refractivity contribution is 5.49. The van der Waals surface area contributed by atoms with E-state index in [0.717, 1.165) is 37.0 Å². The van der Waals surface area contributed by atoms with Gasteiger partial charge in [0.15, 0.2) is 0 Å². The Bertz CT molecular complexity index is 519. The first kappa shape index (κ1) is 19.1. The Labute approximate surface area is 148 Å². The molecule has 2 nitrogen and oxygen atoms in total. The summed E-state index contributed by atoms with van der Waals surface area (Å²) in [6.45, 7) is 8.84. The fraction of sp³-hybridized carbons (Fsp3) is 0.727. The Morgan fingerprint density at radius 2 is 1.75 bits per heavy atom. The first-order valence-corrected chi connectivity index (χ1v) is 10.0. The maximum Gasteiger partial charge on any atom is 0.124 e. The number of rotatable bonds is 9. The van der Waals surface area contributed by atoms with Crippen LogP contribution in [0.4, 0.5) is 0 Å². The Balaban J connectivity index is 2.05. The molecule has 1 aliphatic rings. The zero-order valence-electron chi connectivity index (χ0n) is 16.2. The third kappa shape index (κ3) is 5.16. The number of hydrogen-bond acceptors (Lipinski definition) is 2. The molecule has 0 fully saturated rings. The predicted molar refractivity (Wildman–Crippen MR) is 102 cm³/mol. The van der Waals surface area contributed by atoms with Crippen molar-refractivity contribution in [3.63, 3.8) is 0 Å². The molecule has 1 aromatic carbocycles. The lowest BCUT2D eigenvalue weighted by atomic mass is 9.81. The number of aromatic hydroxyl groups is 1. The fourth-order valence-corrected chi connectivity index (χ4v) is 3.98. The van der Waals surface area contributed by atoms with E-state index in [1.807, 2.05) is 6.07 Å². The van der Waals surface area contributed by atoms with Gasteiger partial charge in [-0.15, -0.1) is 0 Å². The van der Waals surface area contributed by atoms with Gasteiger partial charge in [-0.05, 0) is 63.1 Å². The summed E-state index contributed by atoms with van der Waals surface area (Å²) in [7, 11) is 0. The third-order valence-corrected chi connectivity index (χ3v) is 5.21. The molecule has 0 spiro atoms. The van der Waals surface area contributed by atoms with Crippen molar-refractivity contribution < 1.29 is 9.84 Å². The van der Waals surface area contributed by atoms with Crippen molar-refractivity contribution in [3.8, 4) is 11.5 Å². The number of unbranched alkanes of at least 4 members (excludes halogenated alkanes) is 5. The molecule has 1 aliphatic heterocycles. The predicted octanol–water partition coefficient (Wildman–Crippen LogP) is 6.74. The number of fused-ring (bicyclic) bond motifs is 1. The van der Waals surface area contributed by atoms with Crippen molar-refractivity contribution in [2.45, 2.75) is 103 Å². The molecular weight excluding hydrogens is 296 g/mol. The summed E-state index contributed by atoms with van der Waals surface area (Å²) in [6.07, 6.45) is 12.0. The van der Waals surface area contributed by atoms with Gasteiger partial charge >= 0.3 is 0 Å². The molecule has 0 saturated carbocycles. The number of ether oxygens (including phenoxy) is 1. The van der Waals surface area contributed by atoms with Crippen molar-refractivity contribution in [2.24, 2.45) is 0 Å². The lowest BCUT2D eigenvalue weighted by Gasteiger charge is -2.38. The van der Waals surface area contributed by atoms with E-state index in [0.29, 0.717) is 11.7 Å². The Hall–Kier alpha value is -1.18. The van der Waals surface area contributed by atoms with Gasteiger partial charge in [0.1, 0.15) is 17.1 Å². The van der Waals surface area contributed by atoms with Crippen LogP contribution >= 0.6 is 0 Å². The van der Waals surface area contributed by atoms with Gasteiger partial charge in [-0.2, -0.15) is 0 Å². The van der Waals surface area contributed by atoms with Gasteiger partial charge in [0.2, 0.25) is 0 Å². The van der Waals surface area contributed by atoms with Crippen LogP contribution in [0.2, 0.25) is 0 Å². The minimum Gasteiger partial charge on any atom is -0.508 e. The molecular formula is C22H36O2. The average molecular weight is 333 g/mol. The highest BCUT2D eigenvalue weighted by Crippen LogP contribution is 2.45. The Morgan fingerprint density at radius 1 is 1.04 bits per heavy atom. The summed E-state index contributed by atoms with van der Waals surface area (Å²) in [6, 6.07) is 4.09. The molecule has 2 heteroatoms. The molecule has 1 aromatic rings. The largest absolute Gasteiger partial charge is 0.508 e. The van der Waals surface area contributed by atoms with Crippen LogP contribution in [0.1, 0.15) is 103 Å². The minimum atomic E-state index is -0.110. The van der Waals surface area contributed by atoms with Gasteiger partial charge in [0.05, 0.1) is 0 Å². The van der Waals surface area contributed by atoms with Crippen LogP contribution in [0.15, 0.2) is 12.1 Å². The summed E-state index contributed by atoms with van der Waals surface area (Å²) < 4.78 is 6.24. The molecule has 1 N–H and O–H groups in total. The zero-order valence-corrected chi connectivity index (χ0v) is 16.2. The molecule has 0 amide bonds. The Kier molecular flexibility index (Phi) is 7.01. The van der Waals surface area contributed by atoms with E-state index in [1.165, 1.54) is 44.1 Å². The molecule has 0 aliphatic carbocycles. The van der Waals surface area contributed by atoms with Gasteiger partial charge in [-0.1, -0.05) is 52.4 Å². The van der Waals surface area contributed by atoms with E-state index >= 15 is 0 Å². The second-order valence-corrected chi connectivity index (χ2v) is 8.09. The van der Waals surface area contributed by atoms with Crippen molar-refractivity contribution >= 4 is 0 Å². The molecule has 1 heterocycles. The molecule has 0 bridgehead atoms. The normalized spacial score (nSPS) is 18.9. The number of aryl methyl sites for hydroxylation is 1. The van der Waals surface area contributed by atoms with Crippen molar-refractivity contribution in [3.05, 3.63) is 23.3 Å². The quantitative estimate of drug-likeness (QED) is 0.507. The summed E-state index contributed by atoms with van der Waals surface area (Å²) in [4.78, 5) is 0. The van der Waals surface area contributed by atoms with Crippen molar-refractivity contribution in [2.75, 3.05) is 0 Å². The van der Waals surface area contributed by atoms with Crippen LogP contribution in [0.25, 0.3) is 0 Å². The first-order chi connectivity index (χ1) is 11.5. The lowest BCUT2D eigenvalue weighted by Crippen LogP contribution is -2.34. The minimum absolute atomic E-state index is 0.110. The van der Waals surface area contributed by atoms with Gasteiger partial charge in [-0.3, -0.25) is 0 Å². The van der Waals surface area contributed by atoms with E-state index in [9.17, 15) is 5.11 Å². The Morgan fingerprint density at radius 3 is 2.46 bits per heavy atom. The number of phenolic OH excluding ortho intramolecular Hbond substituents is 1. The summed E-state index contributed by atoms with van der Waals surface area (Å²) >= 11 is 0. The first-order valence-electron chi connectivity index (χ1n) is 10.0. The number of hydrogen-bond donors (Lipinski definition) is 1. The van der Waals surface area contributed by atoms with Crippen LogP contribution in [-0.2, 0) is 6.42 Å². The maximum absolute atomic E-state index is 10.5. The third-order valence-electron chi connectivity index (χ3n) is 5.21. The average Bonchev–Trinajstić information content (AvgIpc) is 2.51. The molecule has 136 valence electrons. The lowest BCUT2D eigenvalue weighted by molar-refractivity contribution is 0.0700. The van der Waals surface area contributed by atoms with Crippen LogP contribution in [0.5, 0.6) is 11.5 Å². The van der Waals surface area contributed by atoms with Gasteiger partial charge in [-0.25, -0.2) is 0 Å². The number of phenols is 1. The SMILES string of the molecule is CCCCCCCCc1cc2c(cc1O)C(CCC)CC(C)(C)O2. The molecule has 0 saturated heterocycles. The van der Waals surface area contributed by atoms with Crippen LogP contribution in [0, 0.1) is 0 Å². The summed E-state index contributed by atoms with van der Waals surface area (Å²) in [5.41, 5.74) is 2.15. The molecule has 0 radical (unpaired) electrons. The van der Waals surface area contributed by atoms with E-state index in [4.69, 9.17) is 4.74 Å². The molecule has 0 aromatic heterocycles. The second-order valence-electron chi connectivity index (χ2n) is 8.09. The number of benzene rings is 1. The smallest absolute Gasteiger partial charge is 0.124 e. The standard InChI is InChI=1S/C22H36O2/c1-5-7-8-9-10-11-13-17-14-21-19(15-20(17)23)18(12-6-2)16-22(3,4)24-21/h14-15,18,23H,5-13,16H2,1-4H3. The van der Waals surface area contributed by atoms with Crippen LogP contribution in [0.3, 0.4) is 0 Å². The maximum atomic E-state index is 10.5. The van der Waals surface area contributed by atoms with E-state index in [1.54, 1.807) is 0 Å². The highest BCUT2D eigenvalue weighted by atomic mass is 16.5. The van der Waals surface area contributed by atoms with Crippen LogP contribution in [-0.4, -0.2) is 10.7 Å².